The van der Waals surface area contributed by atoms with Crippen molar-refractivity contribution in [3.05, 3.63) is 22.5 Å². The molecule has 23 heavy (non-hydrogen) atoms. The molecule has 0 saturated carbocycles. The molecule has 0 unspecified atom stereocenters. The second-order valence-corrected chi connectivity index (χ2v) is 5.92. The number of hydrogen-bond acceptors (Lipinski definition) is 7. The lowest BCUT2D eigenvalue weighted by Gasteiger charge is -2.05. The van der Waals surface area contributed by atoms with Gasteiger partial charge in [0.2, 0.25) is 5.95 Å². The van der Waals surface area contributed by atoms with Crippen molar-refractivity contribution in [3.63, 3.8) is 0 Å². The quantitative estimate of drug-likeness (QED) is 0.633. The van der Waals surface area contributed by atoms with E-state index in [1.165, 1.54) is 0 Å². The van der Waals surface area contributed by atoms with E-state index in [1.807, 2.05) is 13.1 Å². The van der Waals surface area contributed by atoms with Gasteiger partial charge in [0.1, 0.15) is 17.0 Å². The summed E-state index contributed by atoms with van der Waals surface area (Å²) < 4.78 is 7.14. The highest BCUT2D eigenvalue weighted by molar-refractivity contribution is 9.10. The molecule has 0 amide bonds. The molecule has 9 heteroatoms. The molecule has 8 nitrogen and oxygen atoms in total. The predicted octanol–water partition coefficient (Wildman–Crippen LogP) is 2.73. The number of hydrogen-bond donors (Lipinski definition) is 2. The molecule has 0 radical (unpaired) electrons. The van der Waals surface area contributed by atoms with Crippen LogP contribution in [0.5, 0.6) is 0 Å². The van der Waals surface area contributed by atoms with Gasteiger partial charge >= 0.3 is 0 Å². The Balaban J connectivity index is 1.91. The van der Waals surface area contributed by atoms with E-state index in [9.17, 15) is 0 Å². The number of fused-ring (bicyclic) bond motifs is 1. The van der Waals surface area contributed by atoms with Crippen molar-refractivity contribution < 1.29 is 4.42 Å². The number of oxazole rings is 1. The smallest absolute Gasteiger partial charge is 0.264 e. The molecule has 3 heterocycles. The third kappa shape index (κ3) is 3.44. The van der Waals surface area contributed by atoms with Crippen LogP contribution in [-0.4, -0.2) is 31.3 Å². The summed E-state index contributed by atoms with van der Waals surface area (Å²) in [5.41, 5.74) is 8.01. The minimum Gasteiger partial charge on any atom is -0.436 e. The zero-order valence-electron chi connectivity index (χ0n) is 13.0. The summed E-state index contributed by atoms with van der Waals surface area (Å²) in [4.78, 5) is 13.3. The Labute approximate surface area is 141 Å². The minimum absolute atomic E-state index is 0.233. The number of unbranched alkanes of at least 4 members (excludes halogenated alkanes) is 1. The van der Waals surface area contributed by atoms with Crippen LogP contribution >= 0.6 is 15.9 Å². The number of aryl methyl sites for hydroxylation is 1. The molecule has 3 N–H and O–H groups in total. The van der Waals surface area contributed by atoms with Crippen LogP contribution in [0.25, 0.3) is 11.0 Å². The van der Waals surface area contributed by atoms with Crippen LogP contribution in [0.15, 0.2) is 15.4 Å². The van der Waals surface area contributed by atoms with Crippen molar-refractivity contribution in [2.24, 2.45) is 0 Å². The van der Waals surface area contributed by atoms with E-state index in [1.54, 1.807) is 4.68 Å². The molecule has 0 spiro atoms. The van der Waals surface area contributed by atoms with Gasteiger partial charge < -0.3 is 15.5 Å². The molecule has 0 saturated heterocycles. The summed E-state index contributed by atoms with van der Waals surface area (Å²) >= 11 is 3.23. The molecule has 0 aliphatic carbocycles. The second kappa shape index (κ2) is 6.53. The van der Waals surface area contributed by atoms with Gasteiger partial charge in [0.05, 0.1) is 12.7 Å². The number of aromatic nitrogens is 5. The van der Waals surface area contributed by atoms with E-state index < -0.39 is 0 Å². The third-order valence-corrected chi connectivity index (χ3v) is 3.77. The Bertz CT molecular complexity index is 826. The number of nitrogens with zero attached hydrogens (tertiary/aromatic N) is 5. The lowest BCUT2D eigenvalue weighted by molar-refractivity contribution is 0.497. The van der Waals surface area contributed by atoms with Gasteiger partial charge in [-0.1, -0.05) is 13.3 Å². The van der Waals surface area contributed by atoms with Crippen LogP contribution < -0.4 is 11.1 Å². The second-order valence-electron chi connectivity index (χ2n) is 5.24. The van der Waals surface area contributed by atoms with E-state index in [2.05, 4.69) is 48.2 Å². The Morgan fingerprint density at radius 2 is 2.17 bits per heavy atom. The summed E-state index contributed by atoms with van der Waals surface area (Å²) in [6.07, 6.45) is 3.99. The van der Waals surface area contributed by atoms with Crippen LogP contribution in [0.1, 0.15) is 31.2 Å². The molecule has 122 valence electrons. The number of nitrogen functional groups attached to an aromatic ring is 1. The topological polar surface area (TPSA) is 108 Å². The molecule has 0 fully saturated rings. The maximum Gasteiger partial charge on any atom is 0.264 e. The first kappa shape index (κ1) is 15.7. The standard InChI is InChI=1S/C14H18BrN7O/c1-3-4-5-17-12-11-10(19-14(16)20-12)7-22(21-11)6-9-8(2)23-13(15)18-9/h7H,3-6H2,1-2H3,(H3,16,17,19,20). The van der Waals surface area contributed by atoms with Gasteiger partial charge in [-0.3, -0.25) is 4.68 Å². The molecule has 0 aromatic carbocycles. The fraction of sp³-hybridized carbons (Fsp3) is 0.429. The van der Waals surface area contributed by atoms with Crippen molar-refractivity contribution in [3.8, 4) is 0 Å². The summed E-state index contributed by atoms with van der Waals surface area (Å²) in [7, 11) is 0. The van der Waals surface area contributed by atoms with E-state index in [0.717, 1.165) is 30.8 Å². The lowest BCUT2D eigenvalue weighted by Crippen LogP contribution is -2.06. The summed E-state index contributed by atoms with van der Waals surface area (Å²) in [5.74, 6) is 1.65. The SMILES string of the molecule is CCCCNc1nc(N)nc2cn(Cc3nc(Br)oc3C)nc12. The van der Waals surface area contributed by atoms with E-state index in [0.29, 0.717) is 28.2 Å². The van der Waals surface area contributed by atoms with Crippen LogP contribution in [-0.2, 0) is 6.54 Å². The average Bonchev–Trinajstić information content (AvgIpc) is 3.02. The Kier molecular flexibility index (Phi) is 4.46. The first-order chi connectivity index (χ1) is 11.1. The van der Waals surface area contributed by atoms with Crippen molar-refractivity contribution in [2.45, 2.75) is 33.2 Å². The molecule has 3 aromatic heterocycles. The highest BCUT2D eigenvalue weighted by Gasteiger charge is 2.13. The predicted molar refractivity (Wildman–Crippen MR) is 91.2 cm³/mol. The Morgan fingerprint density at radius 1 is 1.35 bits per heavy atom. The molecular weight excluding hydrogens is 362 g/mol. The first-order valence-electron chi connectivity index (χ1n) is 7.43. The maximum atomic E-state index is 5.79. The zero-order valence-corrected chi connectivity index (χ0v) is 14.6. The largest absolute Gasteiger partial charge is 0.436 e. The van der Waals surface area contributed by atoms with Crippen LogP contribution in [0.2, 0.25) is 0 Å². The van der Waals surface area contributed by atoms with Gasteiger partial charge in [-0.2, -0.15) is 10.1 Å². The Morgan fingerprint density at radius 3 is 2.87 bits per heavy atom. The molecule has 0 bridgehead atoms. The zero-order chi connectivity index (χ0) is 16.4. The molecule has 3 aromatic rings. The van der Waals surface area contributed by atoms with Crippen LogP contribution in [0.4, 0.5) is 11.8 Å². The summed E-state index contributed by atoms with van der Waals surface area (Å²) in [6, 6.07) is 0. The van der Waals surface area contributed by atoms with Gasteiger partial charge in [0, 0.05) is 22.5 Å². The first-order valence-corrected chi connectivity index (χ1v) is 8.22. The van der Waals surface area contributed by atoms with Gasteiger partial charge in [-0.15, -0.1) is 0 Å². The molecule has 0 atom stereocenters. The fourth-order valence-corrected chi connectivity index (χ4v) is 2.71. The molecule has 3 rings (SSSR count). The van der Waals surface area contributed by atoms with Crippen molar-refractivity contribution >= 4 is 38.7 Å². The summed E-state index contributed by atoms with van der Waals surface area (Å²) in [6.45, 7) is 5.32. The molecule has 0 aliphatic rings. The number of nitrogens with one attached hydrogen (secondary N) is 1. The van der Waals surface area contributed by atoms with Gasteiger partial charge in [0.25, 0.3) is 4.80 Å². The van der Waals surface area contributed by atoms with Crippen LogP contribution in [0.3, 0.4) is 0 Å². The minimum atomic E-state index is 0.233. The fourth-order valence-electron chi connectivity index (χ4n) is 2.26. The monoisotopic (exact) mass is 379 g/mol. The van der Waals surface area contributed by atoms with Crippen molar-refractivity contribution in [2.75, 3.05) is 17.6 Å². The average molecular weight is 380 g/mol. The third-order valence-electron chi connectivity index (χ3n) is 3.43. The maximum absolute atomic E-state index is 5.79. The van der Waals surface area contributed by atoms with Crippen LogP contribution in [0, 0.1) is 6.92 Å². The number of halogens is 1. The Hall–Kier alpha value is -2.16. The highest BCUT2D eigenvalue weighted by atomic mass is 79.9. The van der Waals surface area contributed by atoms with Gasteiger partial charge in [0.15, 0.2) is 11.3 Å². The van der Waals surface area contributed by atoms with E-state index >= 15 is 0 Å². The van der Waals surface area contributed by atoms with E-state index in [4.69, 9.17) is 10.2 Å². The van der Waals surface area contributed by atoms with E-state index in [-0.39, 0.29) is 5.95 Å². The molecular formula is C14H18BrN7O. The lowest BCUT2D eigenvalue weighted by atomic mass is 10.3. The highest BCUT2D eigenvalue weighted by Crippen LogP contribution is 2.21. The normalized spacial score (nSPS) is 11.3. The summed E-state index contributed by atoms with van der Waals surface area (Å²) in [5, 5.41) is 7.83. The number of anilines is 2. The van der Waals surface area contributed by atoms with Gasteiger partial charge in [-0.05, 0) is 13.3 Å². The van der Waals surface area contributed by atoms with Gasteiger partial charge in [-0.25, -0.2) is 9.97 Å². The molecule has 0 aliphatic heterocycles. The van der Waals surface area contributed by atoms with Crippen molar-refractivity contribution in [1.82, 2.24) is 24.7 Å². The van der Waals surface area contributed by atoms with Crippen molar-refractivity contribution in [1.29, 1.82) is 0 Å². The number of rotatable bonds is 6. The number of nitrogens with two attached hydrogens (primary N) is 1.